The second kappa shape index (κ2) is 8.52. The van der Waals surface area contributed by atoms with E-state index >= 15 is 0 Å². The van der Waals surface area contributed by atoms with Gasteiger partial charge in [-0.25, -0.2) is 4.39 Å². The van der Waals surface area contributed by atoms with Gasteiger partial charge in [-0.2, -0.15) is 0 Å². The molecule has 1 atom stereocenters. The zero-order valence-electron chi connectivity index (χ0n) is 17.8. The van der Waals surface area contributed by atoms with Crippen molar-refractivity contribution in [3.63, 3.8) is 0 Å². The average Bonchev–Trinajstić information content (AvgIpc) is 3.11. The summed E-state index contributed by atoms with van der Waals surface area (Å²) in [7, 11) is 1.54. The van der Waals surface area contributed by atoms with Crippen molar-refractivity contribution in [1.29, 1.82) is 0 Å². The Kier molecular flexibility index (Phi) is 5.40. The lowest BCUT2D eigenvalue weighted by atomic mass is 9.98. The van der Waals surface area contributed by atoms with Crippen LogP contribution in [0.2, 0.25) is 0 Å². The van der Waals surface area contributed by atoms with Crippen LogP contribution in [0.5, 0.6) is 11.5 Å². The first kappa shape index (κ1) is 20.9. The van der Waals surface area contributed by atoms with E-state index in [0.29, 0.717) is 17.1 Å². The highest BCUT2D eigenvalue weighted by atomic mass is 19.1. The molecule has 0 fully saturated rings. The molecule has 3 aromatic carbocycles. The molecule has 0 bridgehead atoms. The van der Waals surface area contributed by atoms with Crippen molar-refractivity contribution >= 4 is 16.9 Å². The molecular weight excluding hydrogens is 425 g/mol. The number of halogens is 1. The number of nitrogens with zero attached hydrogens (tertiary/aromatic N) is 1. The average molecular weight is 445 g/mol. The van der Waals surface area contributed by atoms with Gasteiger partial charge in [0.25, 0.3) is 5.91 Å². The topological polar surface area (TPSA) is 69.0 Å². The third kappa shape index (κ3) is 3.76. The van der Waals surface area contributed by atoms with Crippen LogP contribution in [-0.2, 0) is 4.74 Å². The standard InChI is InChI=1S/C26H20FNO5/c1-31-13-12-28-23(16-6-5-9-19(14-16)32-18-7-3-2-4-8-18)22-24(29)20-15-17(27)10-11-21(20)33-25(22)26(28)30/h2-11,14-15,23H,12-13H2,1H3/t23-/m0/s1. The summed E-state index contributed by atoms with van der Waals surface area (Å²) < 4.78 is 30.8. The molecule has 7 heteroatoms. The minimum absolute atomic E-state index is 0.0328. The van der Waals surface area contributed by atoms with Crippen molar-refractivity contribution in [3.8, 4) is 11.5 Å². The number of ether oxygens (including phenoxy) is 2. The number of para-hydroxylation sites is 1. The normalized spacial score (nSPS) is 15.2. The molecule has 4 aromatic rings. The molecular formula is C26H20FNO5. The summed E-state index contributed by atoms with van der Waals surface area (Å²) >= 11 is 0. The molecule has 0 N–H and O–H groups in total. The smallest absolute Gasteiger partial charge is 0.290 e. The molecule has 0 unspecified atom stereocenters. The maximum Gasteiger partial charge on any atom is 0.290 e. The number of carbonyl (C=O) groups is 1. The molecule has 5 rings (SSSR count). The van der Waals surface area contributed by atoms with Crippen LogP contribution in [0.4, 0.5) is 4.39 Å². The van der Waals surface area contributed by atoms with E-state index in [1.807, 2.05) is 36.4 Å². The lowest BCUT2D eigenvalue weighted by Crippen LogP contribution is -2.32. The van der Waals surface area contributed by atoms with E-state index < -0.39 is 23.2 Å². The van der Waals surface area contributed by atoms with Gasteiger partial charge in [0.15, 0.2) is 5.43 Å². The van der Waals surface area contributed by atoms with Crippen LogP contribution < -0.4 is 10.2 Å². The number of methoxy groups -OCH3 is 1. The molecule has 2 heterocycles. The highest BCUT2D eigenvalue weighted by Crippen LogP contribution is 2.39. The molecule has 1 aliphatic rings. The van der Waals surface area contributed by atoms with Gasteiger partial charge >= 0.3 is 0 Å². The summed E-state index contributed by atoms with van der Waals surface area (Å²) in [6.45, 7) is 0.525. The molecule has 0 spiro atoms. The summed E-state index contributed by atoms with van der Waals surface area (Å²) in [4.78, 5) is 28.2. The van der Waals surface area contributed by atoms with Crippen LogP contribution in [0.1, 0.15) is 27.7 Å². The summed E-state index contributed by atoms with van der Waals surface area (Å²) in [5, 5.41) is 0.0943. The predicted octanol–water partition coefficient (Wildman–Crippen LogP) is 4.92. The Balaban J connectivity index is 1.65. The minimum Gasteiger partial charge on any atom is -0.457 e. The molecule has 1 aliphatic heterocycles. The molecule has 0 saturated heterocycles. The van der Waals surface area contributed by atoms with Crippen molar-refractivity contribution in [1.82, 2.24) is 4.90 Å². The number of fused-ring (bicyclic) bond motifs is 2. The Labute approximate surface area is 188 Å². The fraction of sp³-hybridized carbons (Fsp3) is 0.154. The van der Waals surface area contributed by atoms with Gasteiger partial charge in [0.2, 0.25) is 5.76 Å². The zero-order chi connectivity index (χ0) is 22.9. The van der Waals surface area contributed by atoms with Crippen molar-refractivity contribution in [2.24, 2.45) is 0 Å². The van der Waals surface area contributed by atoms with Gasteiger partial charge < -0.3 is 18.8 Å². The van der Waals surface area contributed by atoms with Gasteiger partial charge in [-0.05, 0) is 48.0 Å². The third-order valence-electron chi connectivity index (χ3n) is 5.62. The minimum atomic E-state index is -0.717. The van der Waals surface area contributed by atoms with E-state index in [0.717, 1.165) is 6.07 Å². The lowest BCUT2D eigenvalue weighted by Gasteiger charge is -2.25. The number of rotatable bonds is 6. The summed E-state index contributed by atoms with van der Waals surface area (Å²) in [6.07, 6.45) is 0. The van der Waals surface area contributed by atoms with E-state index in [-0.39, 0.29) is 35.4 Å². The van der Waals surface area contributed by atoms with Crippen molar-refractivity contribution in [3.05, 3.63) is 106 Å². The van der Waals surface area contributed by atoms with Gasteiger partial charge in [-0.3, -0.25) is 9.59 Å². The second-order valence-corrected chi connectivity index (χ2v) is 7.70. The zero-order valence-corrected chi connectivity index (χ0v) is 17.8. The molecule has 6 nitrogen and oxygen atoms in total. The maximum absolute atomic E-state index is 13.9. The lowest BCUT2D eigenvalue weighted by molar-refractivity contribution is 0.0663. The van der Waals surface area contributed by atoms with Crippen LogP contribution >= 0.6 is 0 Å². The number of amides is 1. The quantitative estimate of drug-likeness (QED) is 0.422. The summed E-state index contributed by atoms with van der Waals surface area (Å²) in [6, 6.07) is 19.5. The highest BCUT2D eigenvalue weighted by Gasteiger charge is 2.42. The Hall–Kier alpha value is -3.97. The molecule has 166 valence electrons. The SMILES string of the molecule is COCCN1C(=O)c2oc3ccc(F)cc3c(=O)c2[C@@H]1c1cccc(Oc2ccccc2)c1. The molecule has 0 saturated carbocycles. The first-order chi connectivity index (χ1) is 16.1. The Morgan fingerprint density at radius 3 is 2.55 bits per heavy atom. The van der Waals surface area contributed by atoms with E-state index in [2.05, 4.69) is 0 Å². The number of hydrogen-bond acceptors (Lipinski definition) is 5. The van der Waals surface area contributed by atoms with Crippen LogP contribution in [0, 0.1) is 5.82 Å². The van der Waals surface area contributed by atoms with Crippen molar-refractivity contribution in [2.45, 2.75) is 6.04 Å². The summed E-state index contributed by atoms with van der Waals surface area (Å²) in [5.41, 5.74) is 0.598. The molecule has 1 aromatic heterocycles. The van der Waals surface area contributed by atoms with Crippen LogP contribution in [0.15, 0.2) is 82.0 Å². The number of hydrogen-bond donors (Lipinski definition) is 0. The molecule has 0 radical (unpaired) electrons. The number of carbonyl (C=O) groups excluding carboxylic acids is 1. The molecule has 0 aliphatic carbocycles. The van der Waals surface area contributed by atoms with Gasteiger partial charge in [0, 0.05) is 13.7 Å². The largest absolute Gasteiger partial charge is 0.457 e. The first-order valence-corrected chi connectivity index (χ1v) is 10.5. The van der Waals surface area contributed by atoms with Gasteiger partial charge in [0.05, 0.1) is 23.6 Å². The highest BCUT2D eigenvalue weighted by molar-refractivity contribution is 5.99. The van der Waals surface area contributed by atoms with E-state index in [1.54, 1.807) is 18.2 Å². The third-order valence-corrected chi connectivity index (χ3v) is 5.62. The van der Waals surface area contributed by atoms with Crippen LogP contribution in [0.25, 0.3) is 11.0 Å². The molecule has 1 amide bonds. The van der Waals surface area contributed by atoms with Crippen molar-refractivity contribution < 1.29 is 23.1 Å². The monoisotopic (exact) mass is 445 g/mol. The Morgan fingerprint density at radius 1 is 0.970 bits per heavy atom. The van der Waals surface area contributed by atoms with Gasteiger partial charge in [-0.15, -0.1) is 0 Å². The van der Waals surface area contributed by atoms with E-state index in [9.17, 15) is 14.0 Å². The number of benzene rings is 3. The fourth-order valence-electron chi connectivity index (χ4n) is 4.13. The van der Waals surface area contributed by atoms with Crippen LogP contribution in [0.3, 0.4) is 0 Å². The second-order valence-electron chi connectivity index (χ2n) is 7.70. The van der Waals surface area contributed by atoms with E-state index in [4.69, 9.17) is 13.9 Å². The predicted molar refractivity (Wildman–Crippen MR) is 120 cm³/mol. The maximum atomic E-state index is 13.9. The Bertz CT molecular complexity index is 1400. The van der Waals surface area contributed by atoms with Gasteiger partial charge in [-0.1, -0.05) is 30.3 Å². The fourth-order valence-corrected chi connectivity index (χ4v) is 4.13. The summed E-state index contributed by atoms with van der Waals surface area (Å²) in [5.74, 6) is 0.224. The molecule has 33 heavy (non-hydrogen) atoms. The van der Waals surface area contributed by atoms with E-state index in [1.165, 1.54) is 24.1 Å². The first-order valence-electron chi connectivity index (χ1n) is 10.5. The Morgan fingerprint density at radius 2 is 1.76 bits per heavy atom. The van der Waals surface area contributed by atoms with Crippen molar-refractivity contribution in [2.75, 3.05) is 20.3 Å². The van der Waals surface area contributed by atoms with Crippen LogP contribution in [-0.4, -0.2) is 31.1 Å². The van der Waals surface area contributed by atoms with Gasteiger partial charge in [0.1, 0.15) is 22.9 Å².